The minimum Gasteiger partial charge on any atom is -0.500 e. The van der Waals surface area contributed by atoms with Crippen molar-refractivity contribution in [3.63, 3.8) is 0 Å². The number of aromatic hydroxyl groups is 1. The average molecular weight is 479 g/mol. The summed E-state index contributed by atoms with van der Waals surface area (Å²) in [4.78, 5) is 36.8. The quantitative estimate of drug-likeness (QED) is 0.363. The highest BCUT2D eigenvalue weighted by atomic mass is 79.9. The van der Waals surface area contributed by atoms with Crippen molar-refractivity contribution >= 4 is 50.6 Å². The van der Waals surface area contributed by atoms with E-state index in [1.807, 2.05) is 12.1 Å². The maximum atomic E-state index is 12.7. The highest BCUT2D eigenvalue weighted by Gasteiger charge is 2.35. The number of nitro benzene ring substituents is 1. The number of ether oxygens (including phenoxy) is 1. The Balaban J connectivity index is 1.93. The van der Waals surface area contributed by atoms with E-state index in [4.69, 9.17) is 4.74 Å². The molecule has 3 rings (SSSR count). The zero-order valence-corrected chi connectivity index (χ0v) is 17.5. The molecule has 1 N–H and O–H groups in total. The molecule has 1 fully saturated rings. The molecule has 1 saturated heterocycles. The number of nitrogens with zero attached hydrogens (tertiary/aromatic N) is 2. The second kappa shape index (κ2) is 8.66. The lowest BCUT2D eigenvalue weighted by atomic mass is 10.1. The van der Waals surface area contributed by atoms with E-state index >= 15 is 0 Å². The standard InChI is InChI=1S/C19H15BrN2O6S/c1-2-28-15-8-11(7-14(17(15)23)22(26)27)9-16-18(24)21(19(25)29-16)10-12-5-3-4-6-13(12)20/h3-9,23H,2,10H2,1H3/b16-9-. The molecule has 0 spiro atoms. The summed E-state index contributed by atoms with van der Waals surface area (Å²) in [7, 11) is 0. The molecule has 0 aliphatic carbocycles. The number of hydrogen-bond acceptors (Lipinski definition) is 7. The molecule has 2 aromatic carbocycles. The van der Waals surface area contributed by atoms with Crippen LogP contribution in [0.5, 0.6) is 11.5 Å². The van der Waals surface area contributed by atoms with E-state index < -0.39 is 27.5 Å². The first-order valence-corrected chi connectivity index (χ1v) is 10.1. The lowest BCUT2D eigenvalue weighted by molar-refractivity contribution is -0.386. The van der Waals surface area contributed by atoms with Gasteiger partial charge in [0.05, 0.1) is 23.0 Å². The third-order valence-corrected chi connectivity index (χ3v) is 5.71. The van der Waals surface area contributed by atoms with E-state index in [-0.39, 0.29) is 29.4 Å². The molecule has 0 bridgehead atoms. The minimum absolute atomic E-state index is 0.0691. The molecule has 29 heavy (non-hydrogen) atoms. The van der Waals surface area contributed by atoms with Crippen LogP contribution in [-0.2, 0) is 11.3 Å². The van der Waals surface area contributed by atoms with Gasteiger partial charge in [-0.25, -0.2) is 0 Å². The summed E-state index contributed by atoms with van der Waals surface area (Å²) in [5.74, 6) is -1.15. The van der Waals surface area contributed by atoms with Crippen LogP contribution in [-0.4, -0.2) is 32.7 Å². The number of carbonyl (C=O) groups is 2. The van der Waals surface area contributed by atoms with Crippen LogP contribution >= 0.6 is 27.7 Å². The second-order valence-electron chi connectivity index (χ2n) is 5.94. The number of hydrogen-bond donors (Lipinski definition) is 1. The molecular formula is C19H15BrN2O6S. The summed E-state index contributed by atoms with van der Waals surface area (Å²) in [6.45, 7) is 1.96. The highest BCUT2D eigenvalue weighted by molar-refractivity contribution is 9.10. The van der Waals surface area contributed by atoms with Gasteiger partial charge in [-0.05, 0) is 48.0 Å². The number of thioether (sulfide) groups is 1. The smallest absolute Gasteiger partial charge is 0.315 e. The predicted molar refractivity (Wildman–Crippen MR) is 112 cm³/mol. The number of imide groups is 1. The molecule has 8 nitrogen and oxygen atoms in total. The molecule has 150 valence electrons. The van der Waals surface area contributed by atoms with Crippen molar-refractivity contribution in [2.45, 2.75) is 13.5 Å². The van der Waals surface area contributed by atoms with Gasteiger partial charge < -0.3 is 9.84 Å². The summed E-state index contributed by atoms with van der Waals surface area (Å²) >= 11 is 4.14. The van der Waals surface area contributed by atoms with Gasteiger partial charge in [0.2, 0.25) is 5.75 Å². The second-order valence-corrected chi connectivity index (χ2v) is 7.78. The highest BCUT2D eigenvalue weighted by Crippen LogP contribution is 2.40. The molecule has 10 heteroatoms. The fourth-order valence-electron chi connectivity index (χ4n) is 2.69. The van der Waals surface area contributed by atoms with Crippen LogP contribution in [0.3, 0.4) is 0 Å². The summed E-state index contributed by atoms with van der Waals surface area (Å²) in [6.07, 6.45) is 1.37. The molecular weight excluding hydrogens is 464 g/mol. The predicted octanol–water partition coefficient (Wildman–Crippen LogP) is 4.70. The van der Waals surface area contributed by atoms with Gasteiger partial charge in [-0.2, -0.15) is 0 Å². The number of rotatable bonds is 6. The molecule has 1 aliphatic heterocycles. The third-order valence-electron chi connectivity index (χ3n) is 4.03. The number of amides is 2. The maximum Gasteiger partial charge on any atom is 0.315 e. The van der Waals surface area contributed by atoms with Gasteiger partial charge >= 0.3 is 5.69 Å². The van der Waals surface area contributed by atoms with Gasteiger partial charge in [0.1, 0.15) is 0 Å². The zero-order chi connectivity index (χ0) is 21.1. The molecule has 2 aromatic rings. The van der Waals surface area contributed by atoms with E-state index in [1.54, 1.807) is 19.1 Å². The van der Waals surface area contributed by atoms with Crippen molar-refractivity contribution in [2.24, 2.45) is 0 Å². The SMILES string of the molecule is CCOc1cc(/C=C2\SC(=O)N(Cc3ccccc3Br)C2=O)cc([N+](=O)[O-])c1O. The number of nitro groups is 1. The maximum absolute atomic E-state index is 12.7. The largest absolute Gasteiger partial charge is 0.500 e. The number of halogens is 1. The number of phenols is 1. The molecule has 0 unspecified atom stereocenters. The topological polar surface area (TPSA) is 110 Å². The lowest BCUT2D eigenvalue weighted by Gasteiger charge is -2.13. The van der Waals surface area contributed by atoms with Gasteiger partial charge in [0.25, 0.3) is 11.1 Å². The van der Waals surface area contributed by atoms with Crippen molar-refractivity contribution in [2.75, 3.05) is 6.61 Å². The van der Waals surface area contributed by atoms with Gasteiger partial charge in [-0.15, -0.1) is 0 Å². The number of phenolic OH excluding ortho intramolecular Hbond substituents is 1. The first-order chi connectivity index (χ1) is 13.8. The Morgan fingerprint density at radius 2 is 2.03 bits per heavy atom. The molecule has 0 saturated carbocycles. The van der Waals surface area contributed by atoms with E-state index in [9.17, 15) is 24.8 Å². The minimum atomic E-state index is -0.742. The Hall–Kier alpha value is -2.85. The molecule has 0 aromatic heterocycles. The summed E-state index contributed by atoms with van der Waals surface area (Å²) in [6, 6.07) is 9.76. The van der Waals surface area contributed by atoms with Crippen LogP contribution in [0.4, 0.5) is 10.5 Å². The summed E-state index contributed by atoms with van der Waals surface area (Å²) in [5, 5.41) is 20.7. The van der Waals surface area contributed by atoms with Gasteiger partial charge in [-0.1, -0.05) is 34.1 Å². The van der Waals surface area contributed by atoms with Gasteiger partial charge in [-0.3, -0.25) is 24.6 Å². The molecule has 0 atom stereocenters. The van der Waals surface area contributed by atoms with Crippen LogP contribution in [0.15, 0.2) is 45.8 Å². The van der Waals surface area contributed by atoms with Crippen molar-refractivity contribution in [1.82, 2.24) is 4.90 Å². The monoisotopic (exact) mass is 478 g/mol. The lowest BCUT2D eigenvalue weighted by Crippen LogP contribution is -2.27. The summed E-state index contributed by atoms with van der Waals surface area (Å²) in [5.41, 5.74) is 0.494. The molecule has 2 amide bonds. The van der Waals surface area contributed by atoms with E-state index in [0.29, 0.717) is 0 Å². The Labute approximate surface area is 178 Å². The Bertz CT molecular complexity index is 1040. The normalized spacial score (nSPS) is 15.2. The van der Waals surface area contributed by atoms with E-state index in [2.05, 4.69) is 15.9 Å². The third kappa shape index (κ3) is 4.43. The van der Waals surface area contributed by atoms with Crippen LogP contribution in [0, 0.1) is 10.1 Å². The number of carbonyl (C=O) groups excluding carboxylic acids is 2. The Morgan fingerprint density at radius 3 is 2.69 bits per heavy atom. The number of benzene rings is 2. The van der Waals surface area contributed by atoms with Crippen molar-refractivity contribution in [3.8, 4) is 11.5 Å². The Kier molecular flexibility index (Phi) is 6.23. The van der Waals surface area contributed by atoms with Crippen LogP contribution in [0.2, 0.25) is 0 Å². The van der Waals surface area contributed by atoms with Crippen LogP contribution in [0.25, 0.3) is 6.08 Å². The summed E-state index contributed by atoms with van der Waals surface area (Å²) < 4.78 is 6.01. The van der Waals surface area contributed by atoms with E-state index in [0.717, 1.165) is 32.8 Å². The van der Waals surface area contributed by atoms with E-state index in [1.165, 1.54) is 12.1 Å². The van der Waals surface area contributed by atoms with Crippen LogP contribution in [0.1, 0.15) is 18.1 Å². The first kappa shape index (κ1) is 20.9. The molecule has 1 heterocycles. The van der Waals surface area contributed by atoms with Crippen molar-refractivity contribution < 1.29 is 24.4 Å². The first-order valence-electron chi connectivity index (χ1n) is 8.44. The molecule has 0 radical (unpaired) electrons. The Morgan fingerprint density at radius 1 is 1.31 bits per heavy atom. The fourth-order valence-corrected chi connectivity index (χ4v) is 3.93. The van der Waals surface area contributed by atoms with Crippen molar-refractivity contribution in [1.29, 1.82) is 0 Å². The fraction of sp³-hybridized carbons (Fsp3) is 0.158. The van der Waals surface area contributed by atoms with Crippen LogP contribution < -0.4 is 4.74 Å². The average Bonchev–Trinajstić information content (AvgIpc) is 2.93. The van der Waals surface area contributed by atoms with Crippen molar-refractivity contribution in [3.05, 3.63) is 67.0 Å². The zero-order valence-electron chi connectivity index (χ0n) is 15.1. The van der Waals surface area contributed by atoms with Gasteiger partial charge in [0, 0.05) is 10.5 Å². The van der Waals surface area contributed by atoms with Gasteiger partial charge in [0.15, 0.2) is 5.75 Å². The molecule has 1 aliphatic rings.